The topological polar surface area (TPSA) is 85.1 Å². The number of nitrogen functional groups attached to an aromatic ring is 1. The average Bonchev–Trinajstić information content (AvgIpc) is 2.79. The minimum Gasteiger partial charge on any atom is -0.457 e. The first-order chi connectivity index (χ1) is 15.8. The lowest BCUT2D eigenvalue weighted by atomic mass is 10.2. The number of nitrogens with two attached hydrogens (primary N) is 1. The molecule has 6 nitrogen and oxygen atoms in total. The van der Waals surface area contributed by atoms with Gasteiger partial charge in [0, 0.05) is 11.4 Å². The molecule has 0 spiro atoms. The third-order valence-corrected chi connectivity index (χ3v) is 4.84. The van der Waals surface area contributed by atoms with Crippen molar-refractivity contribution in [3.05, 3.63) is 89.7 Å². The summed E-state index contributed by atoms with van der Waals surface area (Å²) in [7, 11) is 0. The van der Waals surface area contributed by atoms with Crippen molar-refractivity contribution in [2.45, 2.75) is 6.18 Å². The summed E-state index contributed by atoms with van der Waals surface area (Å²) in [5.74, 6) is 1.79. The summed E-state index contributed by atoms with van der Waals surface area (Å²) in [5, 5.41) is 5.44. The van der Waals surface area contributed by atoms with Crippen LogP contribution in [0.2, 0.25) is 5.02 Å². The maximum absolute atomic E-state index is 13.1. The van der Waals surface area contributed by atoms with E-state index in [9.17, 15) is 13.2 Å². The van der Waals surface area contributed by atoms with Crippen molar-refractivity contribution in [1.82, 2.24) is 9.97 Å². The van der Waals surface area contributed by atoms with Gasteiger partial charge in [-0.25, -0.2) is 9.97 Å². The molecule has 0 atom stereocenters. The second kappa shape index (κ2) is 9.25. The van der Waals surface area contributed by atoms with Crippen LogP contribution in [-0.4, -0.2) is 9.97 Å². The van der Waals surface area contributed by atoms with Gasteiger partial charge in [0.25, 0.3) is 0 Å². The SMILES string of the molecule is Nc1c(Nc2ccc(Oc3ccccc3)cc2)ncnc1Nc1ccc(Cl)c(C(F)(F)F)c1. The van der Waals surface area contributed by atoms with Crippen molar-refractivity contribution < 1.29 is 17.9 Å². The molecule has 4 rings (SSSR count). The lowest BCUT2D eigenvalue weighted by molar-refractivity contribution is -0.137. The van der Waals surface area contributed by atoms with Gasteiger partial charge in [-0.1, -0.05) is 29.8 Å². The molecule has 3 aromatic carbocycles. The molecule has 4 N–H and O–H groups in total. The van der Waals surface area contributed by atoms with E-state index in [4.69, 9.17) is 22.1 Å². The Kier molecular flexibility index (Phi) is 6.23. The fourth-order valence-electron chi connectivity index (χ4n) is 2.92. The average molecular weight is 472 g/mol. The van der Waals surface area contributed by atoms with Gasteiger partial charge < -0.3 is 21.1 Å². The first kappa shape index (κ1) is 22.2. The zero-order valence-corrected chi connectivity index (χ0v) is 17.7. The van der Waals surface area contributed by atoms with Crippen LogP contribution >= 0.6 is 11.6 Å². The molecule has 0 aliphatic heterocycles. The lowest BCUT2D eigenvalue weighted by Gasteiger charge is -2.15. The molecule has 0 bridgehead atoms. The summed E-state index contributed by atoms with van der Waals surface area (Å²) in [6.07, 6.45) is -3.34. The number of alkyl halides is 3. The van der Waals surface area contributed by atoms with E-state index in [0.29, 0.717) is 17.2 Å². The molecule has 33 heavy (non-hydrogen) atoms. The van der Waals surface area contributed by atoms with Crippen molar-refractivity contribution in [1.29, 1.82) is 0 Å². The Hall–Kier alpha value is -3.98. The minimum absolute atomic E-state index is 0.130. The van der Waals surface area contributed by atoms with Crippen molar-refractivity contribution in [2.75, 3.05) is 16.4 Å². The Balaban J connectivity index is 1.50. The third-order valence-electron chi connectivity index (χ3n) is 4.51. The molecule has 0 radical (unpaired) electrons. The zero-order valence-electron chi connectivity index (χ0n) is 16.9. The largest absolute Gasteiger partial charge is 0.457 e. The third kappa shape index (κ3) is 5.45. The van der Waals surface area contributed by atoms with Crippen LogP contribution in [0.3, 0.4) is 0 Å². The molecular formula is C23H17ClF3N5O. The van der Waals surface area contributed by atoms with Gasteiger partial charge in [-0.05, 0) is 54.6 Å². The maximum Gasteiger partial charge on any atom is 0.417 e. The number of para-hydroxylation sites is 1. The molecule has 0 fully saturated rings. The van der Waals surface area contributed by atoms with Gasteiger partial charge >= 0.3 is 6.18 Å². The molecule has 0 saturated heterocycles. The van der Waals surface area contributed by atoms with Gasteiger partial charge in [0.1, 0.15) is 23.5 Å². The van der Waals surface area contributed by atoms with E-state index >= 15 is 0 Å². The summed E-state index contributed by atoms with van der Waals surface area (Å²) in [6, 6.07) is 19.9. The van der Waals surface area contributed by atoms with E-state index < -0.39 is 16.8 Å². The number of rotatable bonds is 6. The number of benzene rings is 3. The van der Waals surface area contributed by atoms with E-state index in [2.05, 4.69) is 20.6 Å². The Morgan fingerprint density at radius 3 is 2.00 bits per heavy atom. The molecular weight excluding hydrogens is 455 g/mol. The molecule has 168 valence electrons. The highest BCUT2D eigenvalue weighted by Gasteiger charge is 2.33. The van der Waals surface area contributed by atoms with E-state index in [1.165, 1.54) is 12.4 Å². The summed E-state index contributed by atoms with van der Waals surface area (Å²) < 4.78 is 45.1. The van der Waals surface area contributed by atoms with Crippen LogP contribution in [-0.2, 0) is 6.18 Å². The molecule has 4 aromatic rings. The van der Waals surface area contributed by atoms with Crippen LogP contribution in [0.1, 0.15) is 5.56 Å². The highest BCUT2D eigenvalue weighted by molar-refractivity contribution is 6.31. The van der Waals surface area contributed by atoms with Crippen molar-refractivity contribution in [3.63, 3.8) is 0 Å². The maximum atomic E-state index is 13.1. The van der Waals surface area contributed by atoms with Crippen LogP contribution in [0.15, 0.2) is 79.1 Å². The Morgan fingerprint density at radius 1 is 0.788 bits per heavy atom. The highest BCUT2D eigenvalue weighted by Crippen LogP contribution is 2.37. The van der Waals surface area contributed by atoms with E-state index in [1.54, 1.807) is 24.3 Å². The van der Waals surface area contributed by atoms with E-state index in [-0.39, 0.29) is 23.0 Å². The molecule has 10 heteroatoms. The quantitative estimate of drug-likeness (QED) is 0.280. The predicted octanol–water partition coefficient (Wildman–Crippen LogP) is 7.01. The number of anilines is 5. The van der Waals surface area contributed by atoms with Crippen LogP contribution in [0.25, 0.3) is 0 Å². The molecule has 1 heterocycles. The highest BCUT2D eigenvalue weighted by atomic mass is 35.5. The first-order valence-electron chi connectivity index (χ1n) is 9.64. The smallest absolute Gasteiger partial charge is 0.417 e. The second-order valence-corrected chi connectivity index (χ2v) is 7.27. The van der Waals surface area contributed by atoms with Crippen molar-refractivity contribution in [3.8, 4) is 11.5 Å². The number of hydrogen-bond donors (Lipinski definition) is 3. The molecule has 0 unspecified atom stereocenters. The number of hydrogen-bond acceptors (Lipinski definition) is 6. The summed E-state index contributed by atoms with van der Waals surface area (Å²) >= 11 is 5.67. The molecule has 0 aliphatic rings. The van der Waals surface area contributed by atoms with Crippen LogP contribution in [0.4, 0.5) is 41.9 Å². The molecule has 1 aromatic heterocycles. The van der Waals surface area contributed by atoms with Gasteiger partial charge in [0.05, 0.1) is 10.6 Å². The van der Waals surface area contributed by atoms with Gasteiger partial charge in [0.15, 0.2) is 11.6 Å². The van der Waals surface area contributed by atoms with Crippen molar-refractivity contribution >= 4 is 40.3 Å². The van der Waals surface area contributed by atoms with Gasteiger partial charge in [-0.3, -0.25) is 0 Å². The summed E-state index contributed by atoms with van der Waals surface area (Å²) in [6.45, 7) is 0. The van der Waals surface area contributed by atoms with Gasteiger partial charge in [0.2, 0.25) is 0 Å². The minimum atomic E-state index is -4.59. The van der Waals surface area contributed by atoms with Crippen molar-refractivity contribution in [2.24, 2.45) is 0 Å². The summed E-state index contributed by atoms with van der Waals surface area (Å²) in [5.41, 5.74) is 6.12. The van der Waals surface area contributed by atoms with Gasteiger partial charge in [-0.2, -0.15) is 13.2 Å². The second-order valence-electron chi connectivity index (χ2n) is 6.87. The zero-order chi connectivity index (χ0) is 23.4. The number of nitrogens with one attached hydrogen (secondary N) is 2. The van der Waals surface area contributed by atoms with Crippen LogP contribution in [0, 0.1) is 0 Å². The first-order valence-corrected chi connectivity index (χ1v) is 10.0. The van der Waals surface area contributed by atoms with E-state index in [0.717, 1.165) is 12.1 Å². The number of halogens is 4. The Morgan fingerprint density at radius 2 is 1.36 bits per heavy atom. The Labute approximate surface area is 192 Å². The number of aromatic nitrogens is 2. The Bertz CT molecular complexity index is 1250. The predicted molar refractivity (Wildman–Crippen MR) is 122 cm³/mol. The molecule has 0 saturated carbocycles. The van der Waals surface area contributed by atoms with Gasteiger partial charge in [-0.15, -0.1) is 0 Å². The molecule has 0 aliphatic carbocycles. The number of nitrogens with zero attached hydrogens (tertiary/aromatic N) is 2. The lowest BCUT2D eigenvalue weighted by Crippen LogP contribution is -2.08. The normalized spacial score (nSPS) is 11.2. The fraction of sp³-hybridized carbons (Fsp3) is 0.0435. The van der Waals surface area contributed by atoms with Crippen LogP contribution < -0.4 is 21.1 Å². The standard InChI is InChI=1S/C23H17ClF3N5O/c24-19-11-8-15(12-18(19)23(25,26)27)32-22-20(28)21(29-13-30-22)31-14-6-9-17(10-7-14)33-16-4-2-1-3-5-16/h1-13H,28H2,(H2,29,30,31,32). The van der Waals surface area contributed by atoms with Crippen LogP contribution in [0.5, 0.6) is 11.5 Å². The number of ether oxygens (including phenoxy) is 1. The molecule has 0 amide bonds. The monoisotopic (exact) mass is 471 g/mol. The fourth-order valence-corrected chi connectivity index (χ4v) is 3.14. The van der Waals surface area contributed by atoms with E-state index in [1.807, 2.05) is 30.3 Å². The summed E-state index contributed by atoms with van der Waals surface area (Å²) in [4.78, 5) is 8.15.